The molecule has 0 atom stereocenters. The fourth-order valence-corrected chi connectivity index (χ4v) is 3.61. The summed E-state index contributed by atoms with van der Waals surface area (Å²) in [4.78, 5) is 37.2. The van der Waals surface area contributed by atoms with Crippen molar-refractivity contribution in [1.29, 1.82) is 0 Å². The molecule has 0 radical (unpaired) electrons. The van der Waals surface area contributed by atoms with E-state index in [1.165, 1.54) is 10.5 Å². The van der Waals surface area contributed by atoms with Crippen molar-refractivity contribution >= 4 is 17.8 Å². The summed E-state index contributed by atoms with van der Waals surface area (Å²) in [6.07, 6.45) is 5.73. The molecule has 0 bridgehead atoms. The number of carboxylic acid groups (broad SMARTS) is 1. The van der Waals surface area contributed by atoms with E-state index in [2.05, 4.69) is 17.1 Å². The lowest BCUT2D eigenvalue weighted by Gasteiger charge is -2.24. The summed E-state index contributed by atoms with van der Waals surface area (Å²) in [5, 5.41) is 9.29. The largest absolute Gasteiger partial charge is 0.480 e. The number of hydrogen-bond acceptors (Lipinski definition) is 6. The van der Waals surface area contributed by atoms with Crippen molar-refractivity contribution < 1.29 is 14.7 Å². The lowest BCUT2D eigenvalue weighted by atomic mass is 10.1. The Balaban J connectivity index is 2.24. The first-order valence-electron chi connectivity index (χ1n) is 11.6. The second kappa shape index (κ2) is 13.5. The number of nitrogens with two attached hydrogens (primary N) is 1. The van der Waals surface area contributed by atoms with Crippen LogP contribution in [0.4, 0.5) is 5.95 Å². The van der Waals surface area contributed by atoms with Gasteiger partial charge < -0.3 is 20.6 Å². The smallest absolute Gasteiger partial charge is 0.323 e. The van der Waals surface area contributed by atoms with Crippen molar-refractivity contribution in [2.45, 2.75) is 46.0 Å². The molecule has 2 aromatic rings. The van der Waals surface area contributed by atoms with Gasteiger partial charge in [-0.2, -0.15) is 0 Å². The molecule has 1 amide bonds. The molecule has 3 N–H and O–H groups in total. The standard InChI is InChI=1S/C25H37N5O3/c1-19(2)17-30(18-23(31)32)24(33)21-16-27-25(28-22(21)12-8-5-9-14-26)29(3)15-13-20-10-6-4-7-11-20/h4,6-7,10-11,16,19H,5,8-9,12-15,17-18,26H2,1-3H3,(H,31,32). The summed E-state index contributed by atoms with van der Waals surface area (Å²) in [6.45, 7) is 5.29. The van der Waals surface area contributed by atoms with E-state index in [0.29, 0.717) is 36.7 Å². The van der Waals surface area contributed by atoms with E-state index in [-0.39, 0.29) is 18.4 Å². The number of nitrogens with zero attached hydrogens (tertiary/aromatic N) is 4. The molecule has 0 saturated heterocycles. The number of unbranched alkanes of at least 4 members (excludes halogenated alkanes) is 2. The van der Waals surface area contributed by atoms with Crippen molar-refractivity contribution in [3.8, 4) is 0 Å². The molecule has 33 heavy (non-hydrogen) atoms. The Kier molecular flexibility index (Phi) is 10.8. The molecule has 180 valence electrons. The Morgan fingerprint density at radius 1 is 1.09 bits per heavy atom. The maximum atomic E-state index is 13.3. The fraction of sp³-hybridized carbons (Fsp3) is 0.520. The van der Waals surface area contributed by atoms with Crippen LogP contribution in [-0.4, -0.2) is 65.1 Å². The molecule has 0 unspecified atom stereocenters. The second-order valence-electron chi connectivity index (χ2n) is 8.76. The number of carbonyl (C=O) groups excluding carboxylic acids is 1. The third kappa shape index (κ3) is 8.81. The molecule has 1 heterocycles. The highest BCUT2D eigenvalue weighted by atomic mass is 16.4. The average molecular weight is 456 g/mol. The highest BCUT2D eigenvalue weighted by molar-refractivity contribution is 5.96. The number of carbonyl (C=O) groups is 2. The molecular weight excluding hydrogens is 418 g/mol. The number of aryl methyl sites for hydroxylation is 1. The number of benzene rings is 1. The second-order valence-corrected chi connectivity index (χ2v) is 8.76. The number of rotatable bonds is 14. The zero-order valence-corrected chi connectivity index (χ0v) is 20.0. The minimum atomic E-state index is -1.04. The van der Waals surface area contributed by atoms with Gasteiger partial charge in [0.1, 0.15) is 6.54 Å². The summed E-state index contributed by atoms with van der Waals surface area (Å²) >= 11 is 0. The average Bonchev–Trinajstić information content (AvgIpc) is 2.79. The van der Waals surface area contributed by atoms with Crippen LogP contribution < -0.4 is 10.6 Å². The maximum absolute atomic E-state index is 13.3. The van der Waals surface area contributed by atoms with E-state index in [1.807, 2.05) is 44.0 Å². The molecule has 1 aromatic carbocycles. The van der Waals surface area contributed by atoms with Gasteiger partial charge in [0.25, 0.3) is 5.91 Å². The highest BCUT2D eigenvalue weighted by Gasteiger charge is 2.24. The van der Waals surface area contributed by atoms with E-state index in [9.17, 15) is 14.7 Å². The summed E-state index contributed by atoms with van der Waals surface area (Å²) < 4.78 is 0. The Hall–Kier alpha value is -3.00. The van der Waals surface area contributed by atoms with Gasteiger partial charge in [-0.1, -0.05) is 50.6 Å². The van der Waals surface area contributed by atoms with Crippen LogP contribution in [-0.2, 0) is 17.6 Å². The Morgan fingerprint density at radius 3 is 2.45 bits per heavy atom. The number of amides is 1. The molecule has 0 aliphatic heterocycles. The van der Waals surface area contributed by atoms with Crippen LogP contribution in [0.5, 0.6) is 0 Å². The minimum absolute atomic E-state index is 0.144. The monoisotopic (exact) mass is 455 g/mol. The first kappa shape index (κ1) is 26.3. The van der Waals surface area contributed by atoms with E-state index in [0.717, 1.165) is 32.2 Å². The zero-order valence-electron chi connectivity index (χ0n) is 20.0. The van der Waals surface area contributed by atoms with Crippen LogP contribution in [0, 0.1) is 5.92 Å². The molecule has 0 fully saturated rings. The van der Waals surface area contributed by atoms with Crippen LogP contribution in [0.25, 0.3) is 0 Å². The zero-order chi connectivity index (χ0) is 24.2. The van der Waals surface area contributed by atoms with Gasteiger partial charge in [-0.05, 0) is 43.7 Å². The number of hydrogen-bond donors (Lipinski definition) is 2. The van der Waals surface area contributed by atoms with Crippen LogP contribution >= 0.6 is 0 Å². The van der Waals surface area contributed by atoms with E-state index in [4.69, 9.17) is 10.7 Å². The lowest BCUT2D eigenvalue weighted by Crippen LogP contribution is -2.39. The predicted octanol–water partition coefficient (Wildman–Crippen LogP) is 3.01. The molecule has 2 rings (SSSR count). The maximum Gasteiger partial charge on any atom is 0.323 e. The van der Waals surface area contributed by atoms with Crippen LogP contribution in [0.2, 0.25) is 0 Å². The fourth-order valence-electron chi connectivity index (χ4n) is 3.61. The molecule has 0 spiro atoms. The summed E-state index contributed by atoms with van der Waals surface area (Å²) in [5.41, 5.74) is 7.89. The number of aliphatic carboxylic acids is 1. The van der Waals surface area contributed by atoms with Crippen LogP contribution in [0.15, 0.2) is 36.5 Å². The van der Waals surface area contributed by atoms with Crippen molar-refractivity contribution in [3.05, 3.63) is 53.3 Å². The number of carboxylic acids is 1. The molecule has 0 aliphatic rings. The minimum Gasteiger partial charge on any atom is -0.480 e. The van der Waals surface area contributed by atoms with Gasteiger partial charge in [-0.25, -0.2) is 9.97 Å². The van der Waals surface area contributed by atoms with E-state index < -0.39 is 5.97 Å². The van der Waals surface area contributed by atoms with Gasteiger partial charge in [-0.3, -0.25) is 9.59 Å². The first-order valence-corrected chi connectivity index (χ1v) is 11.6. The topological polar surface area (TPSA) is 113 Å². The van der Waals surface area contributed by atoms with Crippen LogP contribution in [0.3, 0.4) is 0 Å². The third-order valence-corrected chi connectivity index (χ3v) is 5.32. The van der Waals surface area contributed by atoms with Crippen molar-refractivity contribution in [2.75, 3.05) is 38.1 Å². The summed E-state index contributed by atoms with van der Waals surface area (Å²) in [5.74, 6) is -0.666. The Morgan fingerprint density at radius 2 is 1.82 bits per heavy atom. The lowest BCUT2D eigenvalue weighted by molar-refractivity contribution is -0.137. The molecule has 8 heteroatoms. The van der Waals surface area contributed by atoms with Gasteiger partial charge in [0, 0.05) is 26.3 Å². The molecule has 0 aliphatic carbocycles. The van der Waals surface area contributed by atoms with Crippen LogP contribution in [0.1, 0.15) is 54.7 Å². The third-order valence-electron chi connectivity index (χ3n) is 5.32. The van der Waals surface area contributed by atoms with E-state index >= 15 is 0 Å². The van der Waals surface area contributed by atoms with E-state index in [1.54, 1.807) is 6.20 Å². The van der Waals surface area contributed by atoms with Crippen molar-refractivity contribution in [2.24, 2.45) is 11.7 Å². The SMILES string of the molecule is CC(C)CN(CC(=O)O)C(=O)c1cnc(N(C)CCc2ccccc2)nc1CCCCCN. The normalized spacial score (nSPS) is 10.9. The summed E-state index contributed by atoms with van der Waals surface area (Å²) in [6, 6.07) is 10.2. The van der Waals surface area contributed by atoms with Crippen molar-refractivity contribution in [1.82, 2.24) is 14.9 Å². The van der Waals surface area contributed by atoms with Crippen molar-refractivity contribution in [3.63, 3.8) is 0 Å². The Labute approximate surface area is 196 Å². The van der Waals surface area contributed by atoms with Gasteiger partial charge in [0.05, 0.1) is 11.3 Å². The Bertz CT molecular complexity index is 889. The summed E-state index contributed by atoms with van der Waals surface area (Å²) in [7, 11) is 1.94. The number of likely N-dealkylation sites (N-methyl/N-ethyl adjacent to an activating group) is 1. The molecule has 8 nitrogen and oxygen atoms in total. The number of anilines is 1. The first-order chi connectivity index (χ1) is 15.8. The number of aromatic nitrogens is 2. The predicted molar refractivity (Wildman–Crippen MR) is 130 cm³/mol. The van der Waals surface area contributed by atoms with Gasteiger partial charge in [0.2, 0.25) is 5.95 Å². The molecular formula is C25H37N5O3. The van der Waals surface area contributed by atoms with Gasteiger partial charge in [-0.15, -0.1) is 0 Å². The quantitative estimate of drug-likeness (QED) is 0.421. The van der Waals surface area contributed by atoms with Gasteiger partial charge >= 0.3 is 5.97 Å². The molecule has 1 aromatic heterocycles. The molecule has 0 saturated carbocycles. The highest BCUT2D eigenvalue weighted by Crippen LogP contribution is 2.17. The van der Waals surface area contributed by atoms with Gasteiger partial charge in [0.15, 0.2) is 0 Å².